The lowest BCUT2D eigenvalue weighted by Gasteiger charge is -2.09. The van der Waals surface area contributed by atoms with Gasteiger partial charge in [-0.25, -0.2) is 4.79 Å². The zero-order valence-electron chi connectivity index (χ0n) is 14.6. The highest BCUT2D eigenvalue weighted by atomic mass is 16.5. The average Bonchev–Trinajstić information content (AvgIpc) is 3.08. The van der Waals surface area contributed by atoms with Gasteiger partial charge in [-0.15, -0.1) is 0 Å². The molecule has 138 valence electrons. The molecule has 0 atom stereocenters. The minimum atomic E-state index is -0.353. The third kappa shape index (κ3) is 5.60. The Hall–Kier alpha value is -3.81. The van der Waals surface area contributed by atoms with Crippen molar-refractivity contribution in [3.8, 4) is 5.88 Å². The molecule has 1 aromatic heterocycles. The maximum atomic E-state index is 11.9. The number of anilines is 3. The fourth-order valence-electron chi connectivity index (χ4n) is 2.20. The summed E-state index contributed by atoms with van der Waals surface area (Å²) >= 11 is 0. The summed E-state index contributed by atoms with van der Waals surface area (Å²) in [4.78, 5) is 23.8. The van der Waals surface area contributed by atoms with E-state index in [4.69, 9.17) is 9.26 Å². The molecule has 0 unspecified atom stereocenters. The van der Waals surface area contributed by atoms with Crippen molar-refractivity contribution in [2.75, 3.05) is 22.6 Å². The van der Waals surface area contributed by atoms with Crippen molar-refractivity contribution in [3.63, 3.8) is 0 Å². The maximum Gasteiger partial charge on any atom is 0.323 e. The summed E-state index contributed by atoms with van der Waals surface area (Å²) in [6, 6.07) is 17.1. The van der Waals surface area contributed by atoms with Crippen LogP contribution in [0.25, 0.3) is 0 Å². The Balaban J connectivity index is 1.46. The van der Waals surface area contributed by atoms with Gasteiger partial charge in [-0.05, 0) is 48.5 Å². The van der Waals surface area contributed by atoms with Gasteiger partial charge in [-0.3, -0.25) is 4.79 Å². The molecule has 3 rings (SSSR count). The fraction of sp³-hybridized carbons (Fsp3) is 0.105. The number of amides is 3. The lowest BCUT2D eigenvalue weighted by molar-refractivity contribution is -0.118. The number of aryl methyl sites for hydroxylation is 1. The minimum Gasteiger partial charge on any atom is -0.465 e. The van der Waals surface area contributed by atoms with Crippen LogP contribution in [0.4, 0.5) is 21.9 Å². The second kappa shape index (κ2) is 8.52. The van der Waals surface area contributed by atoms with Gasteiger partial charge in [-0.2, -0.15) is 0 Å². The largest absolute Gasteiger partial charge is 0.465 e. The number of aromatic nitrogens is 1. The molecule has 0 radical (unpaired) electrons. The fourth-order valence-corrected chi connectivity index (χ4v) is 2.20. The molecule has 1 heterocycles. The lowest BCUT2D eigenvalue weighted by Crippen LogP contribution is -2.20. The molecule has 8 nitrogen and oxygen atoms in total. The monoisotopic (exact) mass is 366 g/mol. The predicted molar refractivity (Wildman–Crippen MR) is 101 cm³/mol. The van der Waals surface area contributed by atoms with Gasteiger partial charge in [0.15, 0.2) is 6.61 Å². The quantitative estimate of drug-likeness (QED) is 0.618. The first-order chi connectivity index (χ1) is 13.1. The van der Waals surface area contributed by atoms with Crippen LogP contribution in [0, 0.1) is 6.92 Å². The van der Waals surface area contributed by atoms with Gasteiger partial charge < -0.3 is 25.2 Å². The molecule has 0 spiro atoms. The van der Waals surface area contributed by atoms with Crippen LogP contribution in [0.15, 0.2) is 65.2 Å². The van der Waals surface area contributed by atoms with Crippen molar-refractivity contribution in [1.82, 2.24) is 5.16 Å². The summed E-state index contributed by atoms with van der Waals surface area (Å²) in [5, 5.41) is 11.8. The van der Waals surface area contributed by atoms with E-state index in [1.54, 1.807) is 49.4 Å². The number of nitrogens with one attached hydrogen (secondary N) is 3. The van der Waals surface area contributed by atoms with Gasteiger partial charge in [-0.1, -0.05) is 18.2 Å². The maximum absolute atomic E-state index is 11.9. The van der Waals surface area contributed by atoms with E-state index in [-0.39, 0.29) is 24.4 Å². The smallest absolute Gasteiger partial charge is 0.323 e. The predicted octanol–water partition coefficient (Wildman–Crippen LogP) is 3.64. The summed E-state index contributed by atoms with van der Waals surface area (Å²) in [5.74, 6) is 0.523. The zero-order valence-corrected chi connectivity index (χ0v) is 14.6. The van der Waals surface area contributed by atoms with Gasteiger partial charge in [0.1, 0.15) is 5.76 Å². The Kier molecular flexibility index (Phi) is 5.68. The molecule has 0 fully saturated rings. The minimum absolute atomic E-state index is 0.189. The Morgan fingerprint density at radius 1 is 0.926 bits per heavy atom. The van der Waals surface area contributed by atoms with E-state index in [1.165, 1.54) is 0 Å². The van der Waals surface area contributed by atoms with Crippen molar-refractivity contribution in [2.45, 2.75) is 6.92 Å². The average molecular weight is 366 g/mol. The number of hydrogen-bond acceptors (Lipinski definition) is 5. The normalized spacial score (nSPS) is 10.1. The molecule has 2 aromatic carbocycles. The van der Waals surface area contributed by atoms with Gasteiger partial charge in [0.25, 0.3) is 11.8 Å². The standard InChI is InChI=1S/C19H18N4O4/c1-13-11-18(23-27-13)26-12-17(24)20-15-7-9-16(10-8-15)22-19(25)21-14-5-3-2-4-6-14/h2-11H,12H2,1H3,(H,20,24)(H2,21,22,25). The highest BCUT2D eigenvalue weighted by Gasteiger charge is 2.07. The van der Waals surface area contributed by atoms with E-state index < -0.39 is 0 Å². The number of urea groups is 1. The number of ether oxygens (including phenoxy) is 1. The van der Waals surface area contributed by atoms with Crippen LogP contribution in [-0.2, 0) is 4.79 Å². The Morgan fingerprint density at radius 3 is 2.11 bits per heavy atom. The van der Waals surface area contributed by atoms with Crippen molar-refractivity contribution in [2.24, 2.45) is 0 Å². The van der Waals surface area contributed by atoms with E-state index in [0.29, 0.717) is 22.8 Å². The summed E-state index contributed by atoms with van der Waals surface area (Å²) in [6.45, 7) is 1.54. The SMILES string of the molecule is Cc1cc(OCC(=O)Nc2ccc(NC(=O)Nc3ccccc3)cc2)no1. The third-order valence-corrected chi connectivity index (χ3v) is 3.42. The number of rotatable bonds is 6. The van der Waals surface area contributed by atoms with Gasteiger partial charge in [0.2, 0.25) is 0 Å². The van der Waals surface area contributed by atoms with E-state index in [0.717, 1.165) is 0 Å². The molecule has 8 heteroatoms. The molecule has 3 aromatic rings. The molecule has 0 aliphatic heterocycles. The molecular formula is C19H18N4O4. The van der Waals surface area contributed by atoms with Crippen LogP contribution in [0.5, 0.6) is 5.88 Å². The lowest BCUT2D eigenvalue weighted by atomic mass is 10.3. The topological polar surface area (TPSA) is 105 Å². The summed E-state index contributed by atoms with van der Waals surface area (Å²) < 4.78 is 10.1. The zero-order chi connectivity index (χ0) is 19.1. The molecule has 0 saturated carbocycles. The summed E-state index contributed by atoms with van der Waals surface area (Å²) in [7, 11) is 0. The second-order valence-electron chi connectivity index (χ2n) is 5.64. The highest BCUT2D eigenvalue weighted by Crippen LogP contribution is 2.15. The number of para-hydroxylation sites is 1. The number of benzene rings is 2. The Morgan fingerprint density at radius 2 is 1.52 bits per heavy atom. The number of hydrogen-bond donors (Lipinski definition) is 3. The molecular weight excluding hydrogens is 348 g/mol. The first kappa shape index (κ1) is 18.0. The Labute approximate surface area is 155 Å². The van der Waals surface area contributed by atoms with Crippen LogP contribution in [0.3, 0.4) is 0 Å². The van der Waals surface area contributed by atoms with Crippen molar-refractivity contribution < 1.29 is 18.8 Å². The van der Waals surface area contributed by atoms with Crippen LogP contribution in [0.2, 0.25) is 0 Å². The number of carbonyl (C=O) groups excluding carboxylic acids is 2. The molecule has 0 bridgehead atoms. The Bertz CT molecular complexity index is 907. The van der Waals surface area contributed by atoms with Crippen LogP contribution in [-0.4, -0.2) is 23.7 Å². The van der Waals surface area contributed by atoms with E-state index in [1.807, 2.05) is 18.2 Å². The summed E-state index contributed by atoms with van der Waals surface area (Å²) in [6.07, 6.45) is 0. The van der Waals surface area contributed by atoms with Gasteiger partial charge in [0.05, 0.1) is 0 Å². The first-order valence-corrected chi connectivity index (χ1v) is 8.17. The molecule has 27 heavy (non-hydrogen) atoms. The molecule has 0 saturated heterocycles. The second-order valence-corrected chi connectivity index (χ2v) is 5.64. The number of nitrogens with zero attached hydrogens (tertiary/aromatic N) is 1. The third-order valence-electron chi connectivity index (χ3n) is 3.42. The van der Waals surface area contributed by atoms with E-state index in [2.05, 4.69) is 21.1 Å². The van der Waals surface area contributed by atoms with E-state index >= 15 is 0 Å². The molecule has 3 amide bonds. The molecule has 0 aliphatic carbocycles. The first-order valence-electron chi connectivity index (χ1n) is 8.17. The summed E-state index contributed by atoms with van der Waals surface area (Å²) in [5.41, 5.74) is 1.87. The highest BCUT2D eigenvalue weighted by molar-refractivity contribution is 6.00. The van der Waals surface area contributed by atoms with Crippen LogP contribution >= 0.6 is 0 Å². The van der Waals surface area contributed by atoms with Crippen molar-refractivity contribution in [1.29, 1.82) is 0 Å². The van der Waals surface area contributed by atoms with Crippen molar-refractivity contribution >= 4 is 29.0 Å². The molecule has 0 aliphatic rings. The van der Waals surface area contributed by atoms with Gasteiger partial charge >= 0.3 is 6.03 Å². The van der Waals surface area contributed by atoms with Crippen molar-refractivity contribution in [3.05, 3.63) is 66.4 Å². The van der Waals surface area contributed by atoms with Crippen LogP contribution in [0.1, 0.15) is 5.76 Å². The van der Waals surface area contributed by atoms with Gasteiger partial charge in [0, 0.05) is 23.1 Å². The van der Waals surface area contributed by atoms with Crippen LogP contribution < -0.4 is 20.7 Å². The number of carbonyl (C=O) groups is 2. The van der Waals surface area contributed by atoms with E-state index in [9.17, 15) is 9.59 Å². The molecule has 3 N–H and O–H groups in total.